The number of nitrogens with zero attached hydrogens (tertiary/aromatic N) is 2. The van der Waals surface area contributed by atoms with Gasteiger partial charge in [-0.05, 0) is 77.5 Å². The van der Waals surface area contributed by atoms with Crippen LogP contribution >= 0.6 is 0 Å². The number of amides is 3. The largest absolute Gasteiger partial charge is 0.490 e. The van der Waals surface area contributed by atoms with Crippen molar-refractivity contribution in [2.24, 2.45) is 5.92 Å². The van der Waals surface area contributed by atoms with Crippen LogP contribution in [-0.2, 0) is 4.74 Å². The van der Waals surface area contributed by atoms with E-state index in [1.54, 1.807) is 35.2 Å². The van der Waals surface area contributed by atoms with E-state index in [2.05, 4.69) is 22.5 Å². The third-order valence-electron chi connectivity index (χ3n) is 6.89. The number of ether oxygens (including phenoxy) is 2. The highest BCUT2D eigenvalue weighted by Crippen LogP contribution is 2.28. The van der Waals surface area contributed by atoms with Crippen molar-refractivity contribution in [3.8, 4) is 5.75 Å². The summed E-state index contributed by atoms with van der Waals surface area (Å²) in [5.74, 6) is 0.218. The molecule has 214 valence electrons. The number of hydrogen-bond acceptors (Lipinski definition) is 6. The van der Waals surface area contributed by atoms with Crippen LogP contribution in [0.5, 0.6) is 5.75 Å². The molecule has 0 spiro atoms. The van der Waals surface area contributed by atoms with Crippen molar-refractivity contribution < 1.29 is 24.2 Å². The third kappa shape index (κ3) is 9.23. The second-order valence-corrected chi connectivity index (χ2v) is 10.7. The molecule has 4 atom stereocenters. The van der Waals surface area contributed by atoms with Gasteiger partial charge in [0, 0.05) is 37.0 Å². The van der Waals surface area contributed by atoms with Gasteiger partial charge < -0.3 is 35.0 Å². The predicted octanol–water partition coefficient (Wildman–Crippen LogP) is 4.69. The fraction of sp³-hybridized carbons (Fsp3) is 0.533. The van der Waals surface area contributed by atoms with Crippen molar-refractivity contribution in [3.05, 3.63) is 54.1 Å². The zero-order chi connectivity index (χ0) is 28.4. The lowest BCUT2D eigenvalue weighted by molar-refractivity contribution is -0.0137. The monoisotopic (exact) mass is 540 g/mol. The van der Waals surface area contributed by atoms with Crippen LogP contribution in [0.4, 0.5) is 16.2 Å². The topological polar surface area (TPSA) is 103 Å². The summed E-state index contributed by atoms with van der Waals surface area (Å²) in [7, 11) is 4.02. The van der Waals surface area contributed by atoms with Crippen molar-refractivity contribution >= 4 is 23.3 Å². The molecule has 3 rings (SSSR count). The smallest absolute Gasteiger partial charge is 0.323 e. The number of hydrogen-bond donors (Lipinski definition) is 3. The molecule has 1 aliphatic heterocycles. The number of carbonyl (C=O) groups is 2. The SMILES string of the molecule is C[C@H]1CCCCO[C@H](CN(C)C)[C@@H](C)CN([C@@H](C)CO)C(=O)c2cc(NC(=O)Nc3ccccc3)ccc2O1. The van der Waals surface area contributed by atoms with Gasteiger partial charge in [-0.25, -0.2) is 4.79 Å². The minimum Gasteiger partial charge on any atom is -0.490 e. The number of carbonyl (C=O) groups excluding carboxylic acids is 2. The number of benzene rings is 2. The highest BCUT2D eigenvalue weighted by molar-refractivity contribution is 6.02. The zero-order valence-corrected chi connectivity index (χ0v) is 23.9. The number of aliphatic hydroxyl groups is 1. The second kappa shape index (κ2) is 14.9. The number of para-hydroxylation sites is 1. The number of fused-ring (bicyclic) bond motifs is 1. The minimum absolute atomic E-state index is 0.0227. The molecule has 9 nitrogen and oxygen atoms in total. The number of likely N-dealkylation sites (N-methyl/N-ethyl adjacent to an activating group) is 1. The average Bonchev–Trinajstić information content (AvgIpc) is 2.90. The van der Waals surface area contributed by atoms with Crippen molar-refractivity contribution in [1.29, 1.82) is 0 Å². The van der Waals surface area contributed by atoms with E-state index in [1.165, 1.54) is 0 Å². The molecular weight excluding hydrogens is 496 g/mol. The predicted molar refractivity (Wildman–Crippen MR) is 155 cm³/mol. The van der Waals surface area contributed by atoms with Crippen molar-refractivity contribution in [2.45, 2.75) is 58.3 Å². The molecule has 2 aromatic rings. The summed E-state index contributed by atoms with van der Waals surface area (Å²) in [5.41, 5.74) is 1.47. The van der Waals surface area contributed by atoms with Crippen LogP contribution in [0.25, 0.3) is 0 Å². The van der Waals surface area contributed by atoms with Crippen molar-refractivity contribution in [2.75, 3.05) is 51.0 Å². The molecule has 0 saturated heterocycles. The highest BCUT2D eigenvalue weighted by Gasteiger charge is 2.30. The summed E-state index contributed by atoms with van der Waals surface area (Å²) in [4.78, 5) is 30.5. The Hall–Kier alpha value is -3.14. The van der Waals surface area contributed by atoms with Crippen LogP contribution in [0.1, 0.15) is 50.4 Å². The molecule has 0 radical (unpaired) electrons. The fourth-order valence-corrected chi connectivity index (χ4v) is 4.64. The summed E-state index contributed by atoms with van der Waals surface area (Å²) in [6, 6.07) is 13.4. The Labute approximate surface area is 232 Å². The Morgan fingerprint density at radius 1 is 1.10 bits per heavy atom. The maximum atomic E-state index is 14.1. The Bertz CT molecular complexity index is 1060. The third-order valence-corrected chi connectivity index (χ3v) is 6.89. The van der Waals surface area contributed by atoms with Crippen molar-refractivity contribution in [1.82, 2.24) is 9.80 Å². The standard InChI is InChI=1S/C30H44N4O5/c1-21-18-34(22(2)20-35)29(36)26-17-25(32-30(37)31-24-12-7-6-8-13-24)14-15-27(26)39-23(3)11-9-10-16-38-28(21)19-33(4)5/h6-8,12-15,17,21-23,28,35H,9-11,16,18-20H2,1-5H3,(H2,31,32,37)/t21-,22-,23-,28+/m0/s1. The Kier molecular flexibility index (Phi) is 11.6. The molecule has 3 N–H and O–H groups in total. The summed E-state index contributed by atoms with van der Waals surface area (Å²) in [6.07, 6.45) is 2.51. The normalized spacial score (nSPS) is 21.9. The molecule has 0 bridgehead atoms. The lowest BCUT2D eigenvalue weighted by atomic mass is 10.0. The Balaban J connectivity index is 1.93. The molecule has 1 aliphatic rings. The molecule has 1 heterocycles. The summed E-state index contributed by atoms with van der Waals surface area (Å²) < 4.78 is 12.5. The van der Waals surface area contributed by atoms with Gasteiger partial charge in [-0.2, -0.15) is 0 Å². The van der Waals surface area contributed by atoms with E-state index in [9.17, 15) is 14.7 Å². The van der Waals surface area contributed by atoms with Crippen LogP contribution in [-0.4, -0.2) is 85.5 Å². The molecule has 0 fully saturated rings. The number of urea groups is 1. The molecule has 0 unspecified atom stereocenters. The van der Waals surface area contributed by atoms with Gasteiger partial charge in [-0.3, -0.25) is 4.79 Å². The minimum atomic E-state index is -0.420. The molecular formula is C30H44N4O5. The summed E-state index contributed by atoms with van der Waals surface area (Å²) in [5, 5.41) is 15.7. The van der Waals surface area contributed by atoms with Crippen LogP contribution in [0.3, 0.4) is 0 Å². The summed E-state index contributed by atoms with van der Waals surface area (Å²) in [6.45, 7) is 7.50. The first-order chi connectivity index (χ1) is 18.7. The molecule has 0 aromatic heterocycles. The number of aliphatic hydroxyl groups excluding tert-OH is 1. The molecule has 0 saturated carbocycles. The van der Waals surface area contributed by atoms with Gasteiger partial charge in [-0.15, -0.1) is 0 Å². The van der Waals surface area contributed by atoms with Gasteiger partial charge in [0.2, 0.25) is 0 Å². The van der Waals surface area contributed by atoms with Crippen LogP contribution in [0, 0.1) is 5.92 Å². The highest BCUT2D eigenvalue weighted by atomic mass is 16.5. The first-order valence-electron chi connectivity index (χ1n) is 13.8. The van der Waals surface area contributed by atoms with E-state index in [0.717, 1.165) is 25.8 Å². The second-order valence-electron chi connectivity index (χ2n) is 10.7. The maximum absolute atomic E-state index is 14.1. The van der Waals surface area contributed by atoms with Gasteiger partial charge in [0.15, 0.2) is 0 Å². The Morgan fingerprint density at radius 3 is 2.51 bits per heavy atom. The maximum Gasteiger partial charge on any atom is 0.323 e. The van der Waals surface area contributed by atoms with E-state index in [1.807, 2.05) is 46.1 Å². The quantitative estimate of drug-likeness (QED) is 0.491. The summed E-state index contributed by atoms with van der Waals surface area (Å²) >= 11 is 0. The van der Waals surface area contributed by atoms with Crippen molar-refractivity contribution in [3.63, 3.8) is 0 Å². The van der Waals surface area contributed by atoms with Crippen LogP contribution in [0.15, 0.2) is 48.5 Å². The van der Waals surface area contributed by atoms with Crippen LogP contribution in [0.2, 0.25) is 0 Å². The van der Waals surface area contributed by atoms with Crippen LogP contribution < -0.4 is 15.4 Å². The lowest BCUT2D eigenvalue weighted by Crippen LogP contribution is -2.47. The first kappa shape index (κ1) is 30.4. The van der Waals surface area contributed by atoms with E-state index < -0.39 is 12.1 Å². The van der Waals surface area contributed by atoms with Gasteiger partial charge in [0.25, 0.3) is 5.91 Å². The first-order valence-corrected chi connectivity index (χ1v) is 13.8. The molecule has 39 heavy (non-hydrogen) atoms. The molecule has 0 aliphatic carbocycles. The van der Waals surface area contributed by atoms with Gasteiger partial charge in [-0.1, -0.05) is 25.1 Å². The van der Waals surface area contributed by atoms with Gasteiger partial charge in [0.1, 0.15) is 5.75 Å². The number of anilines is 2. The molecule has 3 amide bonds. The number of nitrogens with one attached hydrogen (secondary N) is 2. The molecule has 9 heteroatoms. The van der Waals surface area contributed by atoms with Gasteiger partial charge >= 0.3 is 6.03 Å². The molecule has 2 aromatic carbocycles. The van der Waals surface area contributed by atoms with Gasteiger partial charge in [0.05, 0.1) is 30.4 Å². The zero-order valence-electron chi connectivity index (χ0n) is 23.9. The number of rotatable bonds is 6. The van der Waals surface area contributed by atoms with E-state index in [-0.39, 0.29) is 30.6 Å². The lowest BCUT2D eigenvalue weighted by Gasteiger charge is -2.35. The van der Waals surface area contributed by atoms with E-state index in [4.69, 9.17) is 9.47 Å². The van der Waals surface area contributed by atoms with E-state index in [0.29, 0.717) is 35.8 Å². The fourth-order valence-electron chi connectivity index (χ4n) is 4.64. The van der Waals surface area contributed by atoms with E-state index >= 15 is 0 Å². The average molecular weight is 541 g/mol. The Morgan fingerprint density at radius 2 is 1.82 bits per heavy atom.